The fraction of sp³-hybridized carbons (Fsp3) is 0.800. The number of ether oxygens (including phenoxy) is 5. The van der Waals surface area contributed by atoms with Crippen LogP contribution in [0.3, 0.4) is 0 Å². The zero-order valence-electron chi connectivity index (χ0n) is 29.8. The Morgan fingerprint density at radius 3 is 2.23 bits per heavy atom. The van der Waals surface area contributed by atoms with E-state index in [-0.39, 0.29) is 30.9 Å². The van der Waals surface area contributed by atoms with Gasteiger partial charge in [-0.2, -0.15) is 0 Å². The van der Waals surface area contributed by atoms with Crippen LogP contribution in [0.1, 0.15) is 74.7 Å². The summed E-state index contributed by atoms with van der Waals surface area (Å²) in [5.41, 5.74) is -3.26. The third-order valence-electron chi connectivity index (χ3n) is 10.0. The van der Waals surface area contributed by atoms with Gasteiger partial charge >= 0.3 is 5.97 Å². The van der Waals surface area contributed by atoms with E-state index in [0.717, 1.165) is 0 Å². The normalized spacial score (nSPS) is 42.9. The molecule has 1 aromatic rings. The van der Waals surface area contributed by atoms with Gasteiger partial charge in [-0.1, -0.05) is 20.8 Å². The number of benzene rings is 1. The number of esters is 1. The lowest BCUT2D eigenvalue weighted by atomic mass is 9.78. The van der Waals surface area contributed by atoms with Crippen molar-refractivity contribution in [1.82, 2.24) is 10.6 Å². The Labute approximate surface area is 280 Å². The SMILES string of the molecule is CC[C@H]1OC(=O)[C@H](C)[C@@H](O)[C@H](C)[C@@H](O[C@@H]2O[C@H](C)C[C@H](NC)[C@H]2Oc2ccc(OC)cc2)[C@](C)(O)C[C@@H](C)CN[C@H](C)[C@@H](O)[C@]1(C)O. The van der Waals surface area contributed by atoms with Gasteiger partial charge in [-0.15, -0.1) is 0 Å². The summed E-state index contributed by atoms with van der Waals surface area (Å²) in [5.74, 6) is -1.41. The van der Waals surface area contributed by atoms with Crippen LogP contribution in [-0.2, 0) is 19.0 Å². The molecule has 0 bridgehead atoms. The van der Waals surface area contributed by atoms with Crippen molar-refractivity contribution in [1.29, 1.82) is 0 Å². The van der Waals surface area contributed by atoms with Gasteiger partial charge in [-0.3, -0.25) is 4.79 Å². The van der Waals surface area contributed by atoms with Crippen molar-refractivity contribution in [2.75, 3.05) is 20.7 Å². The third kappa shape index (κ3) is 9.57. The number of rotatable bonds is 7. The fourth-order valence-electron chi connectivity index (χ4n) is 7.09. The monoisotopic (exact) mass is 668 g/mol. The Balaban J connectivity index is 2.01. The van der Waals surface area contributed by atoms with Gasteiger partial charge in [0.25, 0.3) is 0 Å². The minimum Gasteiger partial charge on any atom is -0.497 e. The van der Waals surface area contributed by atoms with Crippen molar-refractivity contribution in [3.8, 4) is 11.5 Å². The molecule has 12 nitrogen and oxygen atoms in total. The molecule has 270 valence electrons. The van der Waals surface area contributed by atoms with Gasteiger partial charge in [0.05, 0.1) is 43.0 Å². The number of aliphatic hydroxyl groups is 4. The van der Waals surface area contributed by atoms with Crippen LogP contribution in [-0.4, -0.2) is 113 Å². The first-order chi connectivity index (χ1) is 22.0. The molecule has 0 spiro atoms. The highest BCUT2D eigenvalue weighted by Gasteiger charge is 2.49. The molecular weight excluding hydrogens is 608 g/mol. The minimum atomic E-state index is -1.76. The zero-order valence-corrected chi connectivity index (χ0v) is 29.8. The maximum Gasteiger partial charge on any atom is 0.311 e. The van der Waals surface area contributed by atoms with Crippen LogP contribution >= 0.6 is 0 Å². The van der Waals surface area contributed by atoms with Gasteiger partial charge in [-0.25, -0.2) is 0 Å². The van der Waals surface area contributed by atoms with E-state index in [9.17, 15) is 25.2 Å². The average molecular weight is 669 g/mol. The Kier molecular flexibility index (Phi) is 13.9. The number of methoxy groups -OCH3 is 1. The van der Waals surface area contributed by atoms with Crippen LogP contribution in [0.25, 0.3) is 0 Å². The third-order valence-corrected chi connectivity index (χ3v) is 10.0. The van der Waals surface area contributed by atoms with Crippen molar-refractivity contribution in [2.24, 2.45) is 17.8 Å². The molecule has 1 aromatic carbocycles. The highest BCUT2D eigenvalue weighted by molar-refractivity contribution is 5.73. The van der Waals surface area contributed by atoms with Crippen molar-refractivity contribution in [3.63, 3.8) is 0 Å². The lowest BCUT2D eigenvalue weighted by Crippen LogP contribution is -2.60. The van der Waals surface area contributed by atoms with Gasteiger partial charge in [0.2, 0.25) is 0 Å². The molecule has 12 heteroatoms. The van der Waals surface area contributed by atoms with Crippen LogP contribution < -0.4 is 20.1 Å². The van der Waals surface area contributed by atoms with Gasteiger partial charge in [0.15, 0.2) is 12.4 Å². The Bertz CT molecular complexity index is 1120. The lowest BCUT2D eigenvalue weighted by Gasteiger charge is -2.46. The molecule has 2 aliphatic rings. The summed E-state index contributed by atoms with van der Waals surface area (Å²) in [6.45, 7) is 14.2. The molecule has 2 fully saturated rings. The fourth-order valence-corrected chi connectivity index (χ4v) is 7.09. The second-order valence-corrected chi connectivity index (χ2v) is 14.3. The van der Waals surface area contributed by atoms with Crippen LogP contribution in [0.5, 0.6) is 11.5 Å². The number of carbonyl (C=O) groups excluding carboxylic acids is 1. The largest absolute Gasteiger partial charge is 0.497 e. The lowest BCUT2D eigenvalue weighted by molar-refractivity contribution is -0.290. The van der Waals surface area contributed by atoms with Crippen molar-refractivity contribution >= 4 is 5.97 Å². The molecule has 3 rings (SSSR count). The molecule has 0 amide bonds. The number of cyclic esters (lactones) is 1. The summed E-state index contributed by atoms with van der Waals surface area (Å²) in [5, 5.41) is 52.8. The maximum absolute atomic E-state index is 13.4. The molecule has 14 atom stereocenters. The Morgan fingerprint density at radius 2 is 1.66 bits per heavy atom. The number of likely N-dealkylation sites (N-methyl/N-ethyl adjacent to an activating group) is 1. The van der Waals surface area contributed by atoms with Crippen molar-refractivity contribution in [2.45, 2.75) is 141 Å². The van der Waals surface area contributed by atoms with E-state index in [2.05, 4.69) is 10.6 Å². The second-order valence-electron chi connectivity index (χ2n) is 14.3. The minimum absolute atomic E-state index is 0.120. The molecule has 0 unspecified atom stereocenters. The highest BCUT2D eigenvalue weighted by atomic mass is 16.7. The molecule has 47 heavy (non-hydrogen) atoms. The van der Waals surface area contributed by atoms with E-state index in [1.165, 1.54) is 6.92 Å². The van der Waals surface area contributed by atoms with E-state index < -0.39 is 71.9 Å². The molecule has 2 heterocycles. The number of hydrogen-bond acceptors (Lipinski definition) is 12. The molecule has 6 N–H and O–H groups in total. The van der Waals surface area contributed by atoms with Gasteiger partial charge in [0, 0.05) is 12.0 Å². The highest BCUT2D eigenvalue weighted by Crippen LogP contribution is 2.36. The standard InChI is InChI=1S/C35H60N2O10/c1-11-27-35(8,42)30(39)23(6)37-18-19(2)17-34(7,41)31(21(4)28(38)22(5)32(40)46-27)47-33-29(26(36-9)16-20(3)44-33)45-25-14-12-24(43-10)13-15-25/h12-15,19-23,26-31,33,36-39,41-42H,11,16-18H2,1-10H3/t19-,20-,21+,22-,23-,26+,27-,28+,29-,30-,31-,33+,34-,35-/m1/s1. The smallest absolute Gasteiger partial charge is 0.311 e. The first-order valence-corrected chi connectivity index (χ1v) is 17.0. The molecule has 0 aliphatic carbocycles. The van der Waals surface area contributed by atoms with Crippen LogP contribution in [0.15, 0.2) is 24.3 Å². The van der Waals surface area contributed by atoms with Crippen molar-refractivity contribution < 1.29 is 48.9 Å². The van der Waals surface area contributed by atoms with Crippen LogP contribution in [0, 0.1) is 17.8 Å². The summed E-state index contributed by atoms with van der Waals surface area (Å²) < 4.78 is 30.5. The summed E-state index contributed by atoms with van der Waals surface area (Å²) in [4.78, 5) is 13.4. The molecule has 0 aromatic heterocycles. The first kappa shape index (κ1) is 39.4. The summed E-state index contributed by atoms with van der Waals surface area (Å²) in [6, 6.07) is 6.47. The Hall–Kier alpha value is -2.03. The van der Waals surface area contributed by atoms with Crippen LogP contribution in [0.4, 0.5) is 0 Å². The topological polar surface area (TPSA) is 168 Å². The zero-order chi connectivity index (χ0) is 35.3. The number of nitrogens with one attached hydrogen (secondary N) is 2. The molecular formula is C35H60N2O10. The van der Waals surface area contributed by atoms with E-state index in [1.807, 2.05) is 20.9 Å². The average Bonchev–Trinajstić information content (AvgIpc) is 3.03. The van der Waals surface area contributed by atoms with E-state index in [0.29, 0.717) is 24.5 Å². The Morgan fingerprint density at radius 1 is 1.04 bits per heavy atom. The van der Waals surface area contributed by atoms with Gasteiger partial charge < -0.3 is 54.7 Å². The predicted octanol–water partition coefficient (Wildman–Crippen LogP) is 2.39. The van der Waals surface area contributed by atoms with Gasteiger partial charge in [-0.05, 0) is 97.7 Å². The number of hydrogen-bond donors (Lipinski definition) is 6. The first-order valence-electron chi connectivity index (χ1n) is 17.0. The van der Waals surface area contributed by atoms with E-state index in [4.69, 9.17) is 23.7 Å². The van der Waals surface area contributed by atoms with E-state index in [1.54, 1.807) is 66.0 Å². The number of carbonyl (C=O) groups is 1. The maximum atomic E-state index is 13.4. The summed E-state index contributed by atoms with van der Waals surface area (Å²) in [6.07, 6.45) is -5.23. The van der Waals surface area contributed by atoms with E-state index >= 15 is 0 Å². The summed E-state index contributed by atoms with van der Waals surface area (Å²) >= 11 is 0. The molecule has 0 saturated carbocycles. The predicted molar refractivity (Wildman–Crippen MR) is 177 cm³/mol. The quantitative estimate of drug-likeness (QED) is 0.235. The number of aliphatic hydroxyl groups excluding tert-OH is 2. The molecule has 2 aliphatic heterocycles. The second kappa shape index (κ2) is 16.6. The molecule has 0 radical (unpaired) electrons. The molecule has 2 saturated heterocycles. The van der Waals surface area contributed by atoms with Gasteiger partial charge in [0.1, 0.15) is 29.3 Å². The van der Waals surface area contributed by atoms with Crippen LogP contribution in [0.2, 0.25) is 0 Å². The van der Waals surface area contributed by atoms with Crippen molar-refractivity contribution in [3.05, 3.63) is 24.3 Å². The summed E-state index contributed by atoms with van der Waals surface area (Å²) in [7, 11) is 3.44.